The summed E-state index contributed by atoms with van der Waals surface area (Å²) in [6.45, 7) is 5.36. The van der Waals surface area contributed by atoms with E-state index in [1.165, 1.54) is 55.5 Å². The number of H-pyrrole nitrogens is 1. The SMILES string of the molecule is CCC(C)NCc1n[nH]c2c1CCCCC2. The topological polar surface area (TPSA) is 40.7 Å². The second-order valence-corrected chi connectivity index (χ2v) is 4.88. The number of nitrogens with one attached hydrogen (secondary N) is 2. The Balaban J connectivity index is 2.01. The van der Waals surface area contributed by atoms with Gasteiger partial charge in [-0.05, 0) is 44.6 Å². The summed E-state index contributed by atoms with van der Waals surface area (Å²) < 4.78 is 0. The lowest BCUT2D eigenvalue weighted by molar-refractivity contribution is 0.526. The predicted octanol–water partition coefficient (Wildman–Crippen LogP) is 2.57. The molecule has 0 saturated carbocycles. The van der Waals surface area contributed by atoms with Crippen molar-refractivity contribution in [2.24, 2.45) is 0 Å². The van der Waals surface area contributed by atoms with E-state index < -0.39 is 0 Å². The number of aryl methyl sites for hydroxylation is 1. The first kappa shape index (κ1) is 11.6. The van der Waals surface area contributed by atoms with Gasteiger partial charge in [0.1, 0.15) is 0 Å². The summed E-state index contributed by atoms with van der Waals surface area (Å²) in [4.78, 5) is 0. The molecule has 0 spiro atoms. The molecule has 3 nitrogen and oxygen atoms in total. The first-order chi connectivity index (χ1) is 7.81. The van der Waals surface area contributed by atoms with E-state index >= 15 is 0 Å². The zero-order valence-electron chi connectivity index (χ0n) is 10.5. The molecule has 0 amide bonds. The maximum Gasteiger partial charge on any atom is 0.0794 e. The second kappa shape index (κ2) is 5.48. The molecule has 2 N–H and O–H groups in total. The quantitative estimate of drug-likeness (QED) is 0.767. The van der Waals surface area contributed by atoms with Crippen molar-refractivity contribution < 1.29 is 0 Å². The maximum atomic E-state index is 4.46. The molecule has 90 valence electrons. The van der Waals surface area contributed by atoms with Crippen molar-refractivity contribution in [3.05, 3.63) is 17.0 Å². The van der Waals surface area contributed by atoms with Crippen molar-refractivity contribution in [1.82, 2.24) is 15.5 Å². The van der Waals surface area contributed by atoms with Crippen LogP contribution in [0.3, 0.4) is 0 Å². The zero-order valence-corrected chi connectivity index (χ0v) is 10.5. The van der Waals surface area contributed by atoms with E-state index in [0.29, 0.717) is 6.04 Å². The molecular formula is C13H23N3. The van der Waals surface area contributed by atoms with Crippen molar-refractivity contribution >= 4 is 0 Å². The van der Waals surface area contributed by atoms with Crippen molar-refractivity contribution in [2.75, 3.05) is 0 Å². The minimum Gasteiger partial charge on any atom is -0.309 e. The molecule has 1 atom stereocenters. The van der Waals surface area contributed by atoms with Crippen LogP contribution < -0.4 is 5.32 Å². The fourth-order valence-corrected chi connectivity index (χ4v) is 2.29. The molecule has 1 aliphatic rings. The van der Waals surface area contributed by atoms with Gasteiger partial charge < -0.3 is 5.32 Å². The van der Waals surface area contributed by atoms with E-state index in [-0.39, 0.29) is 0 Å². The Labute approximate surface area is 98.0 Å². The molecule has 1 aromatic rings. The molecule has 1 unspecified atom stereocenters. The van der Waals surface area contributed by atoms with E-state index in [1.54, 1.807) is 0 Å². The maximum absolute atomic E-state index is 4.46. The summed E-state index contributed by atoms with van der Waals surface area (Å²) in [5, 5.41) is 11.2. The van der Waals surface area contributed by atoms with Crippen LogP contribution in [0, 0.1) is 0 Å². The number of fused-ring (bicyclic) bond motifs is 1. The lowest BCUT2D eigenvalue weighted by Crippen LogP contribution is -2.25. The Morgan fingerprint density at radius 1 is 1.31 bits per heavy atom. The summed E-state index contributed by atoms with van der Waals surface area (Å²) in [6.07, 6.45) is 7.57. The molecule has 3 heteroatoms. The summed E-state index contributed by atoms with van der Waals surface area (Å²) in [5.41, 5.74) is 4.13. The van der Waals surface area contributed by atoms with Crippen LogP contribution in [-0.4, -0.2) is 16.2 Å². The Hall–Kier alpha value is -0.830. The van der Waals surface area contributed by atoms with Crippen molar-refractivity contribution in [1.29, 1.82) is 0 Å². The Bertz CT molecular complexity index is 330. The van der Waals surface area contributed by atoms with Crippen LogP contribution in [0.1, 0.15) is 56.5 Å². The second-order valence-electron chi connectivity index (χ2n) is 4.88. The molecular weight excluding hydrogens is 198 g/mol. The van der Waals surface area contributed by atoms with Gasteiger partial charge in [0.05, 0.1) is 5.69 Å². The number of rotatable bonds is 4. The summed E-state index contributed by atoms with van der Waals surface area (Å²) in [7, 11) is 0. The highest BCUT2D eigenvalue weighted by Crippen LogP contribution is 2.21. The Morgan fingerprint density at radius 3 is 2.94 bits per heavy atom. The van der Waals surface area contributed by atoms with Crippen molar-refractivity contribution in [3.63, 3.8) is 0 Å². The van der Waals surface area contributed by atoms with Gasteiger partial charge in [-0.25, -0.2) is 0 Å². The number of nitrogens with zero attached hydrogens (tertiary/aromatic N) is 1. The van der Waals surface area contributed by atoms with Crippen LogP contribution in [0.2, 0.25) is 0 Å². The van der Waals surface area contributed by atoms with E-state index in [1.807, 2.05) is 0 Å². The fourth-order valence-electron chi connectivity index (χ4n) is 2.29. The first-order valence-corrected chi connectivity index (χ1v) is 6.59. The summed E-state index contributed by atoms with van der Waals surface area (Å²) >= 11 is 0. The van der Waals surface area contributed by atoms with Gasteiger partial charge in [-0.1, -0.05) is 13.3 Å². The Morgan fingerprint density at radius 2 is 2.12 bits per heavy atom. The highest BCUT2D eigenvalue weighted by molar-refractivity contribution is 5.26. The highest BCUT2D eigenvalue weighted by atomic mass is 15.1. The van der Waals surface area contributed by atoms with Crippen LogP contribution >= 0.6 is 0 Å². The Kier molecular flexibility index (Phi) is 3.99. The largest absolute Gasteiger partial charge is 0.309 e. The normalized spacial score (nSPS) is 17.9. The molecule has 1 heterocycles. The van der Waals surface area contributed by atoms with E-state index in [9.17, 15) is 0 Å². The lowest BCUT2D eigenvalue weighted by atomic mass is 10.1. The summed E-state index contributed by atoms with van der Waals surface area (Å²) in [6, 6.07) is 0.582. The van der Waals surface area contributed by atoms with Crippen LogP contribution in [0.4, 0.5) is 0 Å². The van der Waals surface area contributed by atoms with Crippen molar-refractivity contribution in [2.45, 2.75) is 65.0 Å². The summed E-state index contributed by atoms with van der Waals surface area (Å²) in [5.74, 6) is 0. The smallest absolute Gasteiger partial charge is 0.0794 e. The molecule has 0 bridgehead atoms. The van der Waals surface area contributed by atoms with Gasteiger partial charge in [-0.2, -0.15) is 5.10 Å². The van der Waals surface area contributed by atoms with Crippen LogP contribution in [0.25, 0.3) is 0 Å². The third-order valence-electron chi connectivity index (χ3n) is 3.62. The number of hydrogen-bond acceptors (Lipinski definition) is 2. The van der Waals surface area contributed by atoms with Gasteiger partial charge in [-0.15, -0.1) is 0 Å². The average molecular weight is 221 g/mol. The van der Waals surface area contributed by atoms with Crippen molar-refractivity contribution in [3.8, 4) is 0 Å². The van der Waals surface area contributed by atoms with Gasteiger partial charge in [0.15, 0.2) is 0 Å². The molecule has 0 aliphatic heterocycles. The number of aromatic nitrogens is 2. The van der Waals surface area contributed by atoms with Gasteiger partial charge in [0, 0.05) is 18.3 Å². The average Bonchev–Trinajstić information content (AvgIpc) is 2.54. The molecule has 1 aromatic heterocycles. The fraction of sp³-hybridized carbons (Fsp3) is 0.769. The van der Waals surface area contributed by atoms with E-state index in [2.05, 4.69) is 29.4 Å². The predicted molar refractivity (Wildman–Crippen MR) is 66.4 cm³/mol. The molecule has 0 aromatic carbocycles. The molecule has 0 radical (unpaired) electrons. The number of hydrogen-bond donors (Lipinski definition) is 2. The zero-order chi connectivity index (χ0) is 11.4. The third-order valence-corrected chi connectivity index (χ3v) is 3.62. The molecule has 2 rings (SSSR count). The van der Waals surface area contributed by atoms with E-state index in [0.717, 1.165) is 6.54 Å². The first-order valence-electron chi connectivity index (χ1n) is 6.59. The minimum absolute atomic E-state index is 0.582. The molecule has 16 heavy (non-hydrogen) atoms. The van der Waals surface area contributed by atoms with Gasteiger partial charge in [-0.3, -0.25) is 5.10 Å². The lowest BCUT2D eigenvalue weighted by Gasteiger charge is -2.10. The molecule has 0 fully saturated rings. The molecule has 1 aliphatic carbocycles. The van der Waals surface area contributed by atoms with Crippen LogP contribution in [-0.2, 0) is 19.4 Å². The van der Waals surface area contributed by atoms with Gasteiger partial charge in [0.2, 0.25) is 0 Å². The third kappa shape index (κ3) is 2.64. The highest BCUT2D eigenvalue weighted by Gasteiger charge is 2.15. The number of aromatic amines is 1. The van der Waals surface area contributed by atoms with Gasteiger partial charge in [0.25, 0.3) is 0 Å². The van der Waals surface area contributed by atoms with E-state index in [4.69, 9.17) is 0 Å². The standard InChI is InChI=1S/C13H23N3/c1-3-10(2)14-9-13-11-7-5-4-6-8-12(11)15-16-13/h10,14H,3-9H2,1-2H3,(H,15,16). The van der Waals surface area contributed by atoms with Crippen LogP contribution in [0.15, 0.2) is 0 Å². The monoisotopic (exact) mass is 221 g/mol. The van der Waals surface area contributed by atoms with Gasteiger partial charge >= 0.3 is 0 Å². The van der Waals surface area contributed by atoms with Crippen LogP contribution in [0.5, 0.6) is 0 Å². The minimum atomic E-state index is 0.582. The molecule has 0 saturated heterocycles.